The SMILES string of the molecule is COC(=O)Cc1ccc(OC2CCCN(C)C2)cc1. The average Bonchev–Trinajstić information content (AvgIpc) is 2.41. The minimum atomic E-state index is -0.220. The molecule has 4 nitrogen and oxygen atoms in total. The Morgan fingerprint density at radius 2 is 2.11 bits per heavy atom. The lowest BCUT2D eigenvalue weighted by molar-refractivity contribution is -0.139. The molecule has 1 saturated heterocycles. The third kappa shape index (κ3) is 4.24. The third-order valence-electron chi connectivity index (χ3n) is 3.38. The van der Waals surface area contributed by atoms with Crippen molar-refractivity contribution in [2.24, 2.45) is 0 Å². The van der Waals surface area contributed by atoms with Crippen LogP contribution in [0, 0.1) is 0 Å². The molecule has 0 aromatic heterocycles. The maximum absolute atomic E-state index is 11.2. The molecule has 0 bridgehead atoms. The maximum atomic E-state index is 11.2. The van der Waals surface area contributed by atoms with Gasteiger partial charge in [-0.1, -0.05) is 12.1 Å². The highest BCUT2D eigenvalue weighted by atomic mass is 16.5. The molecular formula is C15H21NO3. The summed E-state index contributed by atoms with van der Waals surface area (Å²) in [7, 11) is 3.52. The Labute approximate surface area is 114 Å². The Morgan fingerprint density at radius 1 is 1.37 bits per heavy atom. The van der Waals surface area contributed by atoms with E-state index in [1.165, 1.54) is 13.5 Å². The number of esters is 1. The quantitative estimate of drug-likeness (QED) is 0.777. The lowest BCUT2D eigenvalue weighted by Gasteiger charge is -2.30. The topological polar surface area (TPSA) is 38.8 Å². The van der Waals surface area contributed by atoms with E-state index >= 15 is 0 Å². The molecule has 1 fully saturated rings. The number of methoxy groups -OCH3 is 1. The van der Waals surface area contributed by atoms with Crippen molar-refractivity contribution in [2.75, 3.05) is 27.2 Å². The predicted molar refractivity (Wildman–Crippen MR) is 73.3 cm³/mol. The Bertz CT molecular complexity index is 416. The van der Waals surface area contributed by atoms with Crippen LogP contribution < -0.4 is 4.74 Å². The number of piperidine rings is 1. The molecule has 0 spiro atoms. The summed E-state index contributed by atoms with van der Waals surface area (Å²) in [6.45, 7) is 2.13. The van der Waals surface area contributed by atoms with Crippen molar-refractivity contribution in [3.05, 3.63) is 29.8 Å². The van der Waals surface area contributed by atoms with Crippen LogP contribution in [-0.4, -0.2) is 44.2 Å². The van der Waals surface area contributed by atoms with E-state index < -0.39 is 0 Å². The third-order valence-corrected chi connectivity index (χ3v) is 3.38. The van der Waals surface area contributed by atoms with Crippen molar-refractivity contribution in [1.29, 1.82) is 0 Å². The van der Waals surface area contributed by atoms with E-state index in [-0.39, 0.29) is 12.1 Å². The Kier molecular flexibility index (Phi) is 4.80. The molecule has 0 aliphatic carbocycles. The van der Waals surface area contributed by atoms with E-state index in [0.29, 0.717) is 6.42 Å². The summed E-state index contributed by atoms with van der Waals surface area (Å²) in [6.07, 6.45) is 2.86. The second-order valence-corrected chi connectivity index (χ2v) is 5.04. The summed E-state index contributed by atoms with van der Waals surface area (Å²) in [4.78, 5) is 13.5. The highest BCUT2D eigenvalue weighted by Gasteiger charge is 2.18. The highest BCUT2D eigenvalue weighted by Crippen LogP contribution is 2.18. The number of ether oxygens (including phenoxy) is 2. The van der Waals surface area contributed by atoms with Gasteiger partial charge in [0.15, 0.2) is 0 Å². The van der Waals surface area contributed by atoms with Crippen molar-refractivity contribution in [3.8, 4) is 5.75 Å². The van der Waals surface area contributed by atoms with Gasteiger partial charge in [0.05, 0.1) is 13.5 Å². The zero-order chi connectivity index (χ0) is 13.7. The van der Waals surface area contributed by atoms with Gasteiger partial charge in [-0.2, -0.15) is 0 Å². The Hall–Kier alpha value is -1.55. The summed E-state index contributed by atoms with van der Waals surface area (Å²) in [5.74, 6) is 0.650. The van der Waals surface area contributed by atoms with E-state index in [4.69, 9.17) is 4.74 Å². The van der Waals surface area contributed by atoms with E-state index in [2.05, 4.69) is 16.7 Å². The molecular weight excluding hydrogens is 242 g/mol. The average molecular weight is 263 g/mol. The van der Waals surface area contributed by atoms with Gasteiger partial charge in [-0.3, -0.25) is 4.79 Å². The maximum Gasteiger partial charge on any atom is 0.309 e. The highest BCUT2D eigenvalue weighted by molar-refractivity contribution is 5.72. The lowest BCUT2D eigenvalue weighted by atomic mass is 10.1. The summed E-state index contributed by atoms with van der Waals surface area (Å²) in [5.41, 5.74) is 0.944. The first-order valence-electron chi connectivity index (χ1n) is 6.68. The number of hydrogen-bond donors (Lipinski definition) is 0. The Balaban J connectivity index is 1.89. The number of rotatable bonds is 4. The van der Waals surface area contributed by atoms with Gasteiger partial charge in [0, 0.05) is 6.54 Å². The number of nitrogens with zero attached hydrogens (tertiary/aromatic N) is 1. The van der Waals surface area contributed by atoms with Gasteiger partial charge in [-0.25, -0.2) is 0 Å². The molecule has 1 aliphatic heterocycles. The van der Waals surface area contributed by atoms with Crippen molar-refractivity contribution in [1.82, 2.24) is 4.90 Å². The number of carbonyl (C=O) groups is 1. The van der Waals surface area contributed by atoms with Gasteiger partial charge >= 0.3 is 5.97 Å². The van der Waals surface area contributed by atoms with Gasteiger partial charge in [0.25, 0.3) is 0 Å². The van der Waals surface area contributed by atoms with Gasteiger partial charge in [-0.05, 0) is 44.1 Å². The first kappa shape index (κ1) is 13.9. The number of likely N-dealkylation sites (tertiary alicyclic amines) is 1. The molecule has 0 saturated carbocycles. The molecule has 2 rings (SSSR count). The van der Waals surface area contributed by atoms with Crippen LogP contribution in [0.4, 0.5) is 0 Å². The fourth-order valence-corrected chi connectivity index (χ4v) is 2.33. The van der Waals surface area contributed by atoms with Crippen LogP contribution in [-0.2, 0) is 16.0 Å². The van der Waals surface area contributed by atoms with E-state index in [0.717, 1.165) is 30.8 Å². The molecule has 104 valence electrons. The lowest BCUT2D eigenvalue weighted by Crippen LogP contribution is -2.38. The molecule has 1 aromatic rings. The summed E-state index contributed by atoms with van der Waals surface area (Å²) >= 11 is 0. The molecule has 0 N–H and O–H groups in total. The van der Waals surface area contributed by atoms with Crippen LogP contribution in [0.1, 0.15) is 18.4 Å². The molecule has 19 heavy (non-hydrogen) atoms. The molecule has 1 unspecified atom stereocenters. The standard InChI is InChI=1S/C15H21NO3/c1-16-9-3-4-14(11-16)19-13-7-5-12(6-8-13)10-15(17)18-2/h5-8,14H,3-4,9-11H2,1-2H3. The van der Waals surface area contributed by atoms with Crippen LogP contribution in [0.5, 0.6) is 5.75 Å². The normalized spacial score (nSPS) is 20.0. The van der Waals surface area contributed by atoms with Crippen LogP contribution in [0.25, 0.3) is 0 Å². The minimum absolute atomic E-state index is 0.220. The van der Waals surface area contributed by atoms with Gasteiger partial charge in [0.1, 0.15) is 11.9 Å². The fraction of sp³-hybridized carbons (Fsp3) is 0.533. The van der Waals surface area contributed by atoms with Crippen LogP contribution >= 0.6 is 0 Å². The first-order valence-corrected chi connectivity index (χ1v) is 6.68. The Morgan fingerprint density at radius 3 is 2.74 bits per heavy atom. The zero-order valence-electron chi connectivity index (χ0n) is 11.6. The number of benzene rings is 1. The van der Waals surface area contributed by atoms with Crippen LogP contribution in [0.3, 0.4) is 0 Å². The van der Waals surface area contributed by atoms with Gasteiger partial charge < -0.3 is 14.4 Å². The minimum Gasteiger partial charge on any atom is -0.489 e. The monoisotopic (exact) mass is 263 g/mol. The van der Waals surface area contributed by atoms with Crippen molar-refractivity contribution in [3.63, 3.8) is 0 Å². The van der Waals surface area contributed by atoms with Gasteiger partial charge in [-0.15, -0.1) is 0 Å². The fourth-order valence-electron chi connectivity index (χ4n) is 2.33. The first-order chi connectivity index (χ1) is 9.17. The number of likely N-dealkylation sites (N-methyl/N-ethyl adjacent to an activating group) is 1. The van der Waals surface area contributed by atoms with Crippen molar-refractivity contribution < 1.29 is 14.3 Å². The zero-order valence-corrected chi connectivity index (χ0v) is 11.6. The molecule has 1 heterocycles. The smallest absolute Gasteiger partial charge is 0.309 e. The number of hydrogen-bond acceptors (Lipinski definition) is 4. The van der Waals surface area contributed by atoms with Crippen LogP contribution in [0.2, 0.25) is 0 Å². The molecule has 1 aliphatic rings. The largest absolute Gasteiger partial charge is 0.489 e. The summed E-state index contributed by atoms with van der Waals surface area (Å²) in [5, 5.41) is 0. The van der Waals surface area contributed by atoms with Crippen molar-refractivity contribution >= 4 is 5.97 Å². The van der Waals surface area contributed by atoms with E-state index in [1.54, 1.807) is 0 Å². The summed E-state index contributed by atoms with van der Waals surface area (Å²) < 4.78 is 10.6. The molecule has 0 amide bonds. The van der Waals surface area contributed by atoms with Gasteiger partial charge in [0.2, 0.25) is 0 Å². The summed E-state index contributed by atoms with van der Waals surface area (Å²) in [6, 6.07) is 7.68. The molecule has 0 radical (unpaired) electrons. The van der Waals surface area contributed by atoms with E-state index in [9.17, 15) is 4.79 Å². The second kappa shape index (κ2) is 6.57. The molecule has 1 aromatic carbocycles. The van der Waals surface area contributed by atoms with Crippen molar-refractivity contribution in [2.45, 2.75) is 25.4 Å². The predicted octanol–water partition coefficient (Wildman–Crippen LogP) is 1.88. The number of carbonyl (C=O) groups excluding carboxylic acids is 1. The van der Waals surface area contributed by atoms with E-state index in [1.807, 2.05) is 24.3 Å². The second-order valence-electron chi connectivity index (χ2n) is 5.04. The molecule has 1 atom stereocenters. The molecule has 4 heteroatoms. The van der Waals surface area contributed by atoms with Crippen LogP contribution in [0.15, 0.2) is 24.3 Å².